The van der Waals surface area contributed by atoms with Crippen molar-refractivity contribution in [3.05, 3.63) is 66.4 Å². The van der Waals surface area contributed by atoms with Crippen LogP contribution in [0.15, 0.2) is 55.0 Å². The van der Waals surface area contributed by atoms with Gasteiger partial charge in [-0.2, -0.15) is 0 Å². The summed E-state index contributed by atoms with van der Waals surface area (Å²) in [5, 5.41) is 0. The fraction of sp³-hybridized carbons (Fsp3) is 0.308. The maximum absolute atomic E-state index is 11.7. The first-order valence-electron chi connectivity index (χ1n) is 11.1. The van der Waals surface area contributed by atoms with Crippen molar-refractivity contribution in [3.8, 4) is 22.4 Å². The van der Waals surface area contributed by atoms with Gasteiger partial charge in [0, 0.05) is 36.3 Å². The summed E-state index contributed by atoms with van der Waals surface area (Å²) >= 11 is 0. The third-order valence-electron chi connectivity index (χ3n) is 6.25. The summed E-state index contributed by atoms with van der Waals surface area (Å²) in [6.07, 6.45) is 13.0. The number of hydrogen-bond donors (Lipinski definition) is 0. The molecule has 0 aliphatic heterocycles. The van der Waals surface area contributed by atoms with E-state index in [1.54, 1.807) is 0 Å². The second-order valence-electron chi connectivity index (χ2n) is 8.56. The lowest BCUT2D eigenvalue weighted by molar-refractivity contribution is 0.111. The van der Waals surface area contributed by atoms with Gasteiger partial charge >= 0.3 is 0 Å². The molecule has 0 N–H and O–H groups in total. The molecular weight excluding hydrogens is 384 g/mol. The Morgan fingerprint density at radius 2 is 1.84 bits per heavy atom. The van der Waals surface area contributed by atoms with Crippen LogP contribution in [0.2, 0.25) is 0 Å². The molecule has 3 aromatic heterocycles. The Balaban J connectivity index is 1.76. The summed E-state index contributed by atoms with van der Waals surface area (Å²) in [6.45, 7) is 2.96. The van der Waals surface area contributed by atoms with Gasteiger partial charge < -0.3 is 4.57 Å². The highest BCUT2D eigenvalue weighted by molar-refractivity contribution is 6.00. The molecule has 0 atom stereocenters. The maximum Gasteiger partial charge on any atom is 0.193 e. The molecule has 3 heterocycles. The highest BCUT2D eigenvalue weighted by Crippen LogP contribution is 2.36. The highest BCUT2D eigenvalue weighted by atomic mass is 16.1. The number of pyridine rings is 1. The molecule has 1 saturated carbocycles. The van der Waals surface area contributed by atoms with Crippen molar-refractivity contribution >= 4 is 17.3 Å². The molecule has 1 fully saturated rings. The Morgan fingerprint density at radius 3 is 2.58 bits per heavy atom. The van der Waals surface area contributed by atoms with Gasteiger partial charge in [-0.05, 0) is 42.9 Å². The summed E-state index contributed by atoms with van der Waals surface area (Å²) in [5.74, 6) is 0.860. The predicted octanol–water partition coefficient (Wildman–Crippen LogP) is 5.86. The maximum atomic E-state index is 11.7. The van der Waals surface area contributed by atoms with E-state index in [1.807, 2.05) is 37.5 Å². The first kappa shape index (κ1) is 19.6. The zero-order valence-corrected chi connectivity index (χ0v) is 17.8. The van der Waals surface area contributed by atoms with Crippen LogP contribution in [0.3, 0.4) is 0 Å². The van der Waals surface area contributed by atoms with Crippen molar-refractivity contribution in [3.63, 3.8) is 0 Å². The van der Waals surface area contributed by atoms with Crippen molar-refractivity contribution < 1.29 is 4.79 Å². The Kier molecular flexibility index (Phi) is 5.33. The highest BCUT2D eigenvalue weighted by Gasteiger charge is 2.22. The Labute approximate surface area is 182 Å². The summed E-state index contributed by atoms with van der Waals surface area (Å²) in [5.41, 5.74) is 6.71. The fourth-order valence-corrected chi connectivity index (χ4v) is 4.77. The molecule has 1 aliphatic rings. The van der Waals surface area contributed by atoms with Crippen LogP contribution in [0.5, 0.6) is 0 Å². The number of nitrogens with zero attached hydrogens (tertiary/aromatic N) is 4. The third kappa shape index (κ3) is 3.88. The average molecular weight is 411 g/mol. The number of carbonyl (C=O) groups excluding carboxylic acids is 1. The first-order chi connectivity index (χ1) is 15.2. The van der Waals surface area contributed by atoms with Gasteiger partial charge in [0.2, 0.25) is 0 Å². The molecule has 0 saturated heterocycles. The summed E-state index contributed by atoms with van der Waals surface area (Å²) in [6, 6.07) is 12.3. The van der Waals surface area contributed by atoms with E-state index in [4.69, 9.17) is 0 Å². The van der Waals surface area contributed by atoms with Crippen LogP contribution in [0.25, 0.3) is 33.4 Å². The molecule has 1 aromatic carbocycles. The second-order valence-corrected chi connectivity index (χ2v) is 8.56. The largest absolute Gasteiger partial charge is 0.343 e. The molecule has 0 bridgehead atoms. The lowest BCUT2D eigenvalue weighted by atomic mass is 9.89. The third-order valence-corrected chi connectivity index (χ3v) is 6.25. The zero-order chi connectivity index (χ0) is 21.2. The van der Waals surface area contributed by atoms with E-state index in [0.717, 1.165) is 51.8 Å². The van der Waals surface area contributed by atoms with Gasteiger partial charge in [-0.1, -0.05) is 49.6 Å². The van der Waals surface area contributed by atoms with Crippen LogP contribution >= 0.6 is 0 Å². The van der Waals surface area contributed by atoms with Gasteiger partial charge in [0.15, 0.2) is 12.1 Å². The number of aryl methyl sites for hydroxylation is 1. The SMILES string of the molecule is Cc1cncc(-c2nc(C=O)nc3c(-c4ccccc4)cn(CC4CCCCC4)c23)c1. The lowest BCUT2D eigenvalue weighted by Gasteiger charge is -2.22. The molecule has 1 aliphatic carbocycles. The van der Waals surface area contributed by atoms with Crippen molar-refractivity contribution in [2.45, 2.75) is 45.6 Å². The molecule has 5 heteroatoms. The number of aromatic nitrogens is 4. The van der Waals surface area contributed by atoms with E-state index in [9.17, 15) is 4.79 Å². The molecule has 5 rings (SSSR count). The molecule has 156 valence electrons. The molecule has 31 heavy (non-hydrogen) atoms. The number of hydrogen-bond acceptors (Lipinski definition) is 4. The normalized spacial score (nSPS) is 14.7. The van der Waals surface area contributed by atoms with E-state index in [2.05, 4.69) is 43.9 Å². The standard InChI is InChI=1S/C26H26N4O/c1-18-12-21(14-27-13-18)24-26-25(29-23(17-31)28-24)22(20-10-6-3-7-11-20)16-30(26)15-19-8-4-2-5-9-19/h3,6-7,10-14,16-17,19H,2,4-5,8-9,15H2,1H3. The van der Waals surface area contributed by atoms with Gasteiger partial charge in [0.25, 0.3) is 0 Å². The first-order valence-corrected chi connectivity index (χ1v) is 11.1. The molecule has 0 unspecified atom stereocenters. The van der Waals surface area contributed by atoms with Gasteiger partial charge in [0.1, 0.15) is 11.2 Å². The topological polar surface area (TPSA) is 60.7 Å². The second kappa shape index (κ2) is 8.42. The van der Waals surface area contributed by atoms with Crippen LogP contribution in [0, 0.1) is 12.8 Å². The van der Waals surface area contributed by atoms with E-state index in [1.165, 1.54) is 32.1 Å². The minimum atomic E-state index is 0.205. The quantitative estimate of drug-likeness (QED) is 0.387. The molecule has 5 nitrogen and oxygen atoms in total. The summed E-state index contributed by atoms with van der Waals surface area (Å²) < 4.78 is 2.32. The monoisotopic (exact) mass is 410 g/mol. The Bertz CT molecular complexity index is 1220. The molecule has 4 aromatic rings. The number of carbonyl (C=O) groups is 1. The van der Waals surface area contributed by atoms with Crippen LogP contribution in [-0.4, -0.2) is 25.8 Å². The van der Waals surface area contributed by atoms with E-state index in [0.29, 0.717) is 5.92 Å². The summed E-state index contributed by atoms with van der Waals surface area (Å²) in [7, 11) is 0. The molecule has 0 spiro atoms. The predicted molar refractivity (Wildman–Crippen MR) is 123 cm³/mol. The van der Waals surface area contributed by atoms with Crippen molar-refractivity contribution in [1.29, 1.82) is 0 Å². The van der Waals surface area contributed by atoms with Gasteiger partial charge in [-0.25, -0.2) is 9.97 Å². The average Bonchev–Trinajstić information content (AvgIpc) is 3.18. The molecular formula is C26H26N4O. The lowest BCUT2D eigenvalue weighted by Crippen LogP contribution is -2.14. The minimum Gasteiger partial charge on any atom is -0.343 e. The number of fused-ring (bicyclic) bond motifs is 1. The van der Waals surface area contributed by atoms with E-state index in [-0.39, 0.29) is 5.82 Å². The van der Waals surface area contributed by atoms with Crippen LogP contribution in [0.4, 0.5) is 0 Å². The van der Waals surface area contributed by atoms with Gasteiger partial charge in [-0.15, -0.1) is 0 Å². The van der Waals surface area contributed by atoms with Crippen molar-refractivity contribution in [1.82, 2.24) is 19.5 Å². The van der Waals surface area contributed by atoms with Crippen LogP contribution in [0.1, 0.15) is 48.3 Å². The smallest absolute Gasteiger partial charge is 0.193 e. The molecule has 0 radical (unpaired) electrons. The number of benzene rings is 1. The fourth-order valence-electron chi connectivity index (χ4n) is 4.77. The van der Waals surface area contributed by atoms with Crippen LogP contribution < -0.4 is 0 Å². The number of aldehydes is 1. The van der Waals surface area contributed by atoms with Gasteiger partial charge in [0.05, 0.1) is 5.52 Å². The van der Waals surface area contributed by atoms with Gasteiger partial charge in [-0.3, -0.25) is 9.78 Å². The zero-order valence-electron chi connectivity index (χ0n) is 17.8. The minimum absolute atomic E-state index is 0.205. The van der Waals surface area contributed by atoms with Crippen LogP contribution in [-0.2, 0) is 6.54 Å². The Morgan fingerprint density at radius 1 is 1.03 bits per heavy atom. The summed E-state index contributed by atoms with van der Waals surface area (Å²) in [4.78, 5) is 25.4. The van der Waals surface area contributed by atoms with Crippen molar-refractivity contribution in [2.75, 3.05) is 0 Å². The van der Waals surface area contributed by atoms with E-state index >= 15 is 0 Å². The van der Waals surface area contributed by atoms with Crippen molar-refractivity contribution in [2.24, 2.45) is 5.92 Å². The number of rotatable bonds is 5. The Hall–Kier alpha value is -3.34. The molecule has 0 amide bonds. The van der Waals surface area contributed by atoms with E-state index < -0.39 is 0 Å².